The van der Waals surface area contributed by atoms with Gasteiger partial charge in [-0.05, 0) is 0 Å². The highest BCUT2D eigenvalue weighted by molar-refractivity contribution is 5.92. The van der Waals surface area contributed by atoms with E-state index in [1.54, 1.807) is 20.8 Å². The zero-order chi connectivity index (χ0) is 10.1. The third kappa shape index (κ3) is 2.43. The van der Waals surface area contributed by atoms with Crippen molar-refractivity contribution < 1.29 is 4.79 Å². The first-order valence-electron chi connectivity index (χ1n) is 3.86. The minimum absolute atomic E-state index is 0.143. The molecule has 0 spiro atoms. The molecule has 1 aromatic rings. The van der Waals surface area contributed by atoms with Crippen molar-refractivity contribution in [3.05, 3.63) is 10.5 Å². The second-order valence-corrected chi connectivity index (χ2v) is 3.73. The molecule has 1 aromatic heterocycles. The van der Waals surface area contributed by atoms with Crippen LogP contribution < -0.4 is 11.0 Å². The first-order chi connectivity index (χ1) is 5.89. The summed E-state index contributed by atoms with van der Waals surface area (Å²) in [4.78, 5) is 24.3. The van der Waals surface area contributed by atoms with Crippen LogP contribution in [0.25, 0.3) is 0 Å². The number of nitrogens with one attached hydrogen (secondary N) is 3. The summed E-state index contributed by atoms with van der Waals surface area (Å²) in [5, 5.41) is 8.16. The lowest BCUT2D eigenvalue weighted by atomic mass is 9.96. The number of H-pyrrole nitrogens is 2. The molecule has 0 aliphatic heterocycles. The second kappa shape index (κ2) is 3.04. The van der Waals surface area contributed by atoms with Crippen molar-refractivity contribution in [1.29, 1.82) is 0 Å². The number of aromatic amines is 2. The maximum absolute atomic E-state index is 11.4. The summed E-state index contributed by atoms with van der Waals surface area (Å²) in [6.45, 7) is 5.31. The van der Waals surface area contributed by atoms with Gasteiger partial charge in [-0.3, -0.25) is 15.1 Å². The summed E-state index contributed by atoms with van der Waals surface area (Å²) in [6.07, 6.45) is 0. The van der Waals surface area contributed by atoms with Crippen LogP contribution in [0.5, 0.6) is 0 Å². The Kier molecular flexibility index (Phi) is 2.22. The predicted molar refractivity (Wildman–Crippen MR) is 47.3 cm³/mol. The van der Waals surface area contributed by atoms with Crippen LogP contribution in [0.2, 0.25) is 0 Å². The van der Waals surface area contributed by atoms with Gasteiger partial charge in [0.25, 0.3) is 0 Å². The van der Waals surface area contributed by atoms with Crippen molar-refractivity contribution in [2.75, 3.05) is 5.32 Å². The number of anilines is 1. The van der Waals surface area contributed by atoms with Crippen molar-refractivity contribution in [2.45, 2.75) is 20.8 Å². The maximum Gasteiger partial charge on any atom is 0.342 e. The van der Waals surface area contributed by atoms with E-state index in [4.69, 9.17) is 0 Å². The Morgan fingerprint density at radius 1 is 1.46 bits per heavy atom. The molecule has 1 rings (SSSR count). The van der Waals surface area contributed by atoms with Gasteiger partial charge in [0.2, 0.25) is 11.9 Å². The molecular weight excluding hydrogens is 172 g/mol. The van der Waals surface area contributed by atoms with Gasteiger partial charge in [0.1, 0.15) is 0 Å². The minimum Gasteiger partial charge on any atom is -0.294 e. The van der Waals surface area contributed by atoms with Gasteiger partial charge < -0.3 is 0 Å². The van der Waals surface area contributed by atoms with E-state index in [2.05, 4.69) is 20.5 Å². The van der Waals surface area contributed by atoms with E-state index in [1.807, 2.05) is 0 Å². The van der Waals surface area contributed by atoms with Gasteiger partial charge in [0, 0.05) is 5.41 Å². The second-order valence-electron chi connectivity index (χ2n) is 3.73. The summed E-state index contributed by atoms with van der Waals surface area (Å²) in [5.41, 5.74) is -0.945. The van der Waals surface area contributed by atoms with Crippen LogP contribution in [0, 0.1) is 5.41 Å². The largest absolute Gasteiger partial charge is 0.342 e. The Labute approximate surface area is 74.7 Å². The zero-order valence-corrected chi connectivity index (χ0v) is 7.76. The minimum atomic E-state index is -0.504. The lowest BCUT2D eigenvalue weighted by Crippen LogP contribution is -2.28. The Morgan fingerprint density at radius 3 is 2.46 bits per heavy atom. The highest BCUT2D eigenvalue weighted by Gasteiger charge is 2.21. The normalized spacial score (nSPS) is 11.3. The van der Waals surface area contributed by atoms with Crippen LogP contribution in [0.4, 0.5) is 5.95 Å². The summed E-state index contributed by atoms with van der Waals surface area (Å²) in [6, 6.07) is 0. The van der Waals surface area contributed by atoms with Gasteiger partial charge in [-0.15, -0.1) is 5.10 Å². The number of amides is 1. The summed E-state index contributed by atoms with van der Waals surface area (Å²) < 4.78 is 0. The summed E-state index contributed by atoms with van der Waals surface area (Å²) in [5.74, 6) is -0.0554. The van der Waals surface area contributed by atoms with Crippen LogP contribution in [-0.4, -0.2) is 21.1 Å². The SMILES string of the molecule is CC(C)(C)C(=O)Nc1n[nH]c(=O)[nH]1. The number of hydrogen-bond acceptors (Lipinski definition) is 3. The van der Waals surface area contributed by atoms with E-state index in [-0.39, 0.29) is 11.9 Å². The molecule has 0 saturated carbocycles. The molecule has 0 aliphatic carbocycles. The molecule has 0 aromatic carbocycles. The predicted octanol–water partition coefficient (Wildman–Crippen LogP) is 0.0826. The fraction of sp³-hybridized carbons (Fsp3) is 0.571. The average Bonchev–Trinajstić information content (AvgIpc) is 2.33. The van der Waals surface area contributed by atoms with Crippen molar-refractivity contribution in [2.24, 2.45) is 5.41 Å². The first kappa shape index (κ1) is 9.50. The fourth-order valence-electron chi connectivity index (χ4n) is 0.624. The van der Waals surface area contributed by atoms with Gasteiger partial charge in [-0.25, -0.2) is 9.89 Å². The van der Waals surface area contributed by atoms with Gasteiger partial charge >= 0.3 is 5.69 Å². The Hall–Kier alpha value is -1.59. The van der Waals surface area contributed by atoms with Crippen molar-refractivity contribution in [3.8, 4) is 0 Å². The third-order valence-electron chi connectivity index (χ3n) is 1.41. The van der Waals surface area contributed by atoms with Crippen LogP contribution >= 0.6 is 0 Å². The van der Waals surface area contributed by atoms with Crippen LogP contribution in [0.15, 0.2) is 4.79 Å². The number of carbonyl (C=O) groups excluding carboxylic acids is 1. The lowest BCUT2D eigenvalue weighted by Gasteiger charge is -2.15. The molecular formula is C7H12N4O2. The third-order valence-corrected chi connectivity index (χ3v) is 1.41. The van der Waals surface area contributed by atoms with E-state index < -0.39 is 11.1 Å². The molecule has 13 heavy (non-hydrogen) atoms. The highest BCUT2D eigenvalue weighted by Crippen LogP contribution is 2.14. The maximum atomic E-state index is 11.4. The van der Waals surface area contributed by atoms with E-state index in [0.717, 1.165) is 0 Å². The average molecular weight is 184 g/mol. The topological polar surface area (TPSA) is 90.6 Å². The molecule has 0 radical (unpaired) electrons. The molecule has 1 amide bonds. The van der Waals surface area contributed by atoms with E-state index in [9.17, 15) is 9.59 Å². The number of aromatic nitrogens is 3. The summed E-state index contributed by atoms with van der Waals surface area (Å²) >= 11 is 0. The van der Waals surface area contributed by atoms with Gasteiger partial charge in [-0.1, -0.05) is 20.8 Å². The van der Waals surface area contributed by atoms with Crippen LogP contribution in [-0.2, 0) is 4.79 Å². The number of carbonyl (C=O) groups is 1. The zero-order valence-electron chi connectivity index (χ0n) is 7.76. The molecule has 0 bridgehead atoms. The lowest BCUT2D eigenvalue weighted by molar-refractivity contribution is -0.123. The monoisotopic (exact) mass is 184 g/mol. The summed E-state index contributed by atoms with van der Waals surface area (Å²) in [7, 11) is 0. The molecule has 72 valence electrons. The fourth-order valence-corrected chi connectivity index (χ4v) is 0.624. The number of nitrogens with zero attached hydrogens (tertiary/aromatic N) is 1. The van der Waals surface area contributed by atoms with Gasteiger partial charge in [0.05, 0.1) is 0 Å². The number of rotatable bonds is 1. The smallest absolute Gasteiger partial charge is 0.294 e. The molecule has 0 fully saturated rings. The Morgan fingerprint density at radius 2 is 2.08 bits per heavy atom. The van der Waals surface area contributed by atoms with Crippen LogP contribution in [0.1, 0.15) is 20.8 Å². The quantitative estimate of drug-likeness (QED) is 0.577. The molecule has 0 saturated heterocycles. The molecule has 6 nitrogen and oxygen atoms in total. The van der Waals surface area contributed by atoms with Crippen molar-refractivity contribution >= 4 is 11.9 Å². The van der Waals surface area contributed by atoms with E-state index >= 15 is 0 Å². The Bertz CT molecular complexity index is 357. The van der Waals surface area contributed by atoms with E-state index in [1.165, 1.54) is 0 Å². The Balaban J connectivity index is 2.71. The van der Waals surface area contributed by atoms with E-state index in [0.29, 0.717) is 0 Å². The van der Waals surface area contributed by atoms with Gasteiger partial charge in [-0.2, -0.15) is 0 Å². The molecule has 6 heteroatoms. The van der Waals surface area contributed by atoms with Crippen LogP contribution in [0.3, 0.4) is 0 Å². The molecule has 0 aliphatic rings. The van der Waals surface area contributed by atoms with Gasteiger partial charge in [0.15, 0.2) is 0 Å². The van der Waals surface area contributed by atoms with Crippen molar-refractivity contribution in [3.63, 3.8) is 0 Å². The molecule has 3 N–H and O–H groups in total. The first-order valence-corrected chi connectivity index (χ1v) is 3.86. The molecule has 1 heterocycles. The molecule has 0 unspecified atom stereocenters. The number of hydrogen-bond donors (Lipinski definition) is 3. The highest BCUT2D eigenvalue weighted by atomic mass is 16.2. The molecule has 0 atom stereocenters. The standard InChI is InChI=1S/C7H12N4O2/c1-7(2,3)4(12)8-5-9-6(13)11-10-5/h1-3H3,(H3,8,9,10,11,12,13). The van der Waals surface area contributed by atoms with Crippen molar-refractivity contribution in [1.82, 2.24) is 15.2 Å².